The van der Waals surface area contributed by atoms with Crippen molar-refractivity contribution in [1.82, 2.24) is 4.72 Å². The number of amides is 1. The van der Waals surface area contributed by atoms with E-state index in [0.717, 1.165) is 0 Å². The second kappa shape index (κ2) is 6.62. The Labute approximate surface area is 141 Å². The van der Waals surface area contributed by atoms with Gasteiger partial charge in [0.25, 0.3) is 5.91 Å². The lowest BCUT2D eigenvalue weighted by molar-refractivity contribution is -0.125. The molecule has 1 aliphatic heterocycles. The average molecular weight is 346 g/mol. The van der Waals surface area contributed by atoms with Crippen LogP contribution in [0.3, 0.4) is 0 Å². The third-order valence-electron chi connectivity index (χ3n) is 3.79. The Kier molecular flexibility index (Phi) is 4.55. The molecule has 0 radical (unpaired) electrons. The third kappa shape index (κ3) is 3.58. The standard InChI is InChI=1S/C17H18N2O4S/c1-19-14-9-5-6-10-15(14)23-16(17(19)20)11-18-24(21,22)12-13-7-3-2-4-8-13/h2-10,16,18H,11-12H2,1H3. The molecule has 0 bridgehead atoms. The van der Waals surface area contributed by atoms with Crippen LogP contribution in [-0.2, 0) is 20.6 Å². The van der Waals surface area contributed by atoms with E-state index < -0.39 is 16.1 Å². The van der Waals surface area contributed by atoms with Gasteiger partial charge in [-0.05, 0) is 17.7 Å². The van der Waals surface area contributed by atoms with Crippen molar-refractivity contribution in [2.75, 3.05) is 18.5 Å². The topological polar surface area (TPSA) is 75.7 Å². The number of carbonyl (C=O) groups excluding carboxylic acids is 1. The van der Waals surface area contributed by atoms with Crippen molar-refractivity contribution in [3.8, 4) is 5.75 Å². The first-order chi connectivity index (χ1) is 11.5. The highest BCUT2D eigenvalue weighted by atomic mass is 32.2. The highest BCUT2D eigenvalue weighted by molar-refractivity contribution is 7.88. The molecule has 0 saturated heterocycles. The van der Waals surface area contributed by atoms with Crippen LogP contribution in [-0.4, -0.2) is 34.0 Å². The van der Waals surface area contributed by atoms with Crippen molar-refractivity contribution < 1.29 is 17.9 Å². The number of rotatable bonds is 5. The van der Waals surface area contributed by atoms with Gasteiger partial charge in [-0.25, -0.2) is 13.1 Å². The molecule has 3 rings (SSSR count). The fourth-order valence-corrected chi connectivity index (χ4v) is 3.69. The van der Waals surface area contributed by atoms with E-state index >= 15 is 0 Å². The molecule has 0 aliphatic carbocycles. The molecule has 126 valence electrons. The van der Waals surface area contributed by atoms with Gasteiger partial charge >= 0.3 is 0 Å². The summed E-state index contributed by atoms with van der Waals surface area (Å²) in [5.41, 5.74) is 1.36. The third-order valence-corrected chi connectivity index (χ3v) is 5.11. The van der Waals surface area contributed by atoms with Gasteiger partial charge in [-0.2, -0.15) is 0 Å². The Morgan fingerprint density at radius 3 is 2.50 bits per heavy atom. The minimum Gasteiger partial charge on any atom is -0.477 e. The number of benzene rings is 2. The molecular weight excluding hydrogens is 328 g/mol. The molecule has 1 N–H and O–H groups in total. The summed E-state index contributed by atoms with van der Waals surface area (Å²) in [7, 11) is -1.91. The van der Waals surface area contributed by atoms with Crippen LogP contribution < -0.4 is 14.4 Å². The molecule has 0 fully saturated rings. The highest BCUT2D eigenvalue weighted by Gasteiger charge is 2.32. The maximum absolute atomic E-state index is 12.3. The largest absolute Gasteiger partial charge is 0.477 e. The van der Waals surface area contributed by atoms with Gasteiger partial charge in [-0.15, -0.1) is 0 Å². The molecule has 1 amide bonds. The van der Waals surface area contributed by atoms with Crippen LogP contribution in [0.5, 0.6) is 5.75 Å². The molecule has 7 heteroatoms. The fourth-order valence-electron chi connectivity index (χ4n) is 2.55. The van der Waals surface area contributed by atoms with E-state index in [1.807, 2.05) is 12.1 Å². The van der Waals surface area contributed by atoms with Crippen molar-refractivity contribution in [3.05, 3.63) is 60.2 Å². The maximum Gasteiger partial charge on any atom is 0.269 e. The number of likely N-dealkylation sites (N-methyl/N-ethyl adjacent to an activating group) is 1. The van der Waals surface area contributed by atoms with Crippen LogP contribution in [0.15, 0.2) is 54.6 Å². The van der Waals surface area contributed by atoms with Crippen LogP contribution in [0.25, 0.3) is 0 Å². The quantitative estimate of drug-likeness (QED) is 0.891. The lowest BCUT2D eigenvalue weighted by Crippen LogP contribution is -2.49. The number of para-hydroxylation sites is 2. The zero-order valence-corrected chi connectivity index (χ0v) is 14.0. The van der Waals surface area contributed by atoms with E-state index in [1.54, 1.807) is 49.5 Å². The zero-order valence-electron chi connectivity index (χ0n) is 13.2. The highest BCUT2D eigenvalue weighted by Crippen LogP contribution is 2.32. The lowest BCUT2D eigenvalue weighted by atomic mass is 10.2. The smallest absolute Gasteiger partial charge is 0.269 e. The first-order valence-corrected chi connectivity index (χ1v) is 9.16. The summed E-state index contributed by atoms with van der Waals surface area (Å²) < 4.78 is 32.5. The van der Waals surface area contributed by atoms with Crippen LogP contribution in [0, 0.1) is 0 Å². The van der Waals surface area contributed by atoms with E-state index in [1.165, 1.54) is 4.90 Å². The van der Waals surface area contributed by atoms with E-state index in [9.17, 15) is 13.2 Å². The van der Waals surface area contributed by atoms with E-state index in [0.29, 0.717) is 17.0 Å². The normalized spacial score (nSPS) is 17.3. The van der Waals surface area contributed by atoms with Crippen molar-refractivity contribution in [1.29, 1.82) is 0 Å². The number of sulfonamides is 1. The Bertz CT molecular complexity index is 837. The van der Waals surface area contributed by atoms with Crippen molar-refractivity contribution in [2.24, 2.45) is 0 Å². The first kappa shape index (κ1) is 16.5. The summed E-state index contributed by atoms with van der Waals surface area (Å²) in [6.45, 7) is -0.104. The number of anilines is 1. The summed E-state index contributed by atoms with van der Waals surface area (Å²) in [5, 5.41) is 0. The van der Waals surface area contributed by atoms with Gasteiger partial charge in [0, 0.05) is 7.05 Å². The second-order valence-corrected chi connectivity index (χ2v) is 7.37. The van der Waals surface area contributed by atoms with Crippen LogP contribution in [0.2, 0.25) is 0 Å². The second-order valence-electron chi connectivity index (χ2n) is 5.56. The summed E-state index contributed by atoms with van der Waals surface area (Å²) in [4.78, 5) is 13.8. The Morgan fingerprint density at radius 2 is 1.75 bits per heavy atom. The van der Waals surface area contributed by atoms with Gasteiger partial charge in [0.2, 0.25) is 10.0 Å². The Hall–Kier alpha value is -2.38. The summed E-state index contributed by atoms with van der Waals surface area (Å²) in [6.07, 6.45) is -0.879. The molecule has 1 heterocycles. The zero-order chi connectivity index (χ0) is 17.2. The monoisotopic (exact) mass is 346 g/mol. The van der Waals surface area contributed by atoms with Crippen molar-refractivity contribution in [2.45, 2.75) is 11.9 Å². The SMILES string of the molecule is CN1C(=O)C(CNS(=O)(=O)Cc2ccccc2)Oc2ccccc21. The predicted octanol–water partition coefficient (Wildman–Crippen LogP) is 1.53. The molecule has 24 heavy (non-hydrogen) atoms. The number of ether oxygens (including phenoxy) is 1. The summed E-state index contributed by atoms with van der Waals surface area (Å²) in [5.74, 6) is 0.143. The number of carbonyl (C=O) groups is 1. The minimum absolute atomic E-state index is 0.104. The average Bonchev–Trinajstić information content (AvgIpc) is 2.57. The first-order valence-electron chi connectivity index (χ1n) is 7.51. The molecule has 0 saturated carbocycles. The number of hydrogen-bond acceptors (Lipinski definition) is 4. The lowest BCUT2D eigenvalue weighted by Gasteiger charge is -2.31. The summed E-state index contributed by atoms with van der Waals surface area (Å²) in [6, 6.07) is 16.0. The van der Waals surface area contributed by atoms with Gasteiger partial charge in [0.05, 0.1) is 18.0 Å². The van der Waals surface area contributed by atoms with Gasteiger partial charge in [0.15, 0.2) is 6.10 Å². The number of hydrogen-bond donors (Lipinski definition) is 1. The van der Waals surface area contributed by atoms with E-state index in [-0.39, 0.29) is 18.2 Å². The van der Waals surface area contributed by atoms with Gasteiger partial charge in [-0.3, -0.25) is 4.79 Å². The fraction of sp³-hybridized carbons (Fsp3) is 0.235. The van der Waals surface area contributed by atoms with Crippen LogP contribution in [0.1, 0.15) is 5.56 Å². The Balaban J connectivity index is 1.67. The summed E-state index contributed by atoms with van der Waals surface area (Å²) >= 11 is 0. The number of nitrogens with zero attached hydrogens (tertiary/aromatic N) is 1. The molecule has 0 aromatic heterocycles. The molecule has 1 atom stereocenters. The van der Waals surface area contributed by atoms with Gasteiger partial charge < -0.3 is 9.64 Å². The van der Waals surface area contributed by atoms with Crippen molar-refractivity contribution >= 4 is 21.6 Å². The molecule has 2 aromatic carbocycles. The predicted molar refractivity (Wildman–Crippen MR) is 91.3 cm³/mol. The number of fused-ring (bicyclic) bond motifs is 1. The molecule has 0 spiro atoms. The molecular formula is C17H18N2O4S. The van der Waals surface area contributed by atoms with E-state index in [2.05, 4.69) is 4.72 Å². The maximum atomic E-state index is 12.3. The molecule has 1 unspecified atom stereocenters. The van der Waals surface area contributed by atoms with Gasteiger partial charge in [0.1, 0.15) is 5.75 Å². The van der Waals surface area contributed by atoms with Gasteiger partial charge in [-0.1, -0.05) is 42.5 Å². The molecule has 1 aliphatic rings. The molecule has 6 nitrogen and oxygen atoms in total. The molecule has 2 aromatic rings. The Morgan fingerprint density at radius 1 is 1.08 bits per heavy atom. The van der Waals surface area contributed by atoms with Crippen LogP contribution >= 0.6 is 0 Å². The van der Waals surface area contributed by atoms with E-state index in [4.69, 9.17) is 4.74 Å². The van der Waals surface area contributed by atoms with Crippen LogP contribution in [0.4, 0.5) is 5.69 Å². The van der Waals surface area contributed by atoms with Crippen molar-refractivity contribution in [3.63, 3.8) is 0 Å². The number of nitrogens with one attached hydrogen (secondary N) is 1. The minimum atomic E-state index is -3.55.